The molecule has 0 fully saturated rings. The van der Waals surface area contributed by atoms with Gasteiger partial charge in [-0.3, -0.25) is 4.79 Å². The molecule has 0 aromatic heterocycles. The fourth-order valence-electron chi connectivity index (χ4n) is 1.18. The number of halogens is 1. The number of amides is 1. The lowest BCUT2D eigenvalue weighted by molar-refractivity contribution is -0.139. The van der Waals surface area contributed by atoms with Gasteiger partial charge in [0, 0.05) is 10.6 Å². The maximum absolute atomic E-state index is 11.6. The Kier molecular flexibility index (Phi) is 4.31. The quantitative estimate of drug-likeness (QED) is 0.847. The van der Waals surface area contributed by atoms with Gasteiger partial charge in [-0.05, 0) is 30.7 Å². The number of carbonyl (C=O) groups is 2. The van der Waals surface area contributed by atoms with Crippen LogP contribution in [0.2, 0.25) is 5.02 Å². The van der Waals surface area contributed by atoms with Gasteiger partial charge < -0.3 is 10.4 Å². The number of hydrogen-bond acceptors (Lipinski definition) is 2. The molecule has 0 saturated heterocycles. The third kappa shape index (κ3) is 3.24. The van der Waals surface area contributed by atoms with E-state index in [1.54, 1.807) is 31.2 Å². The molecule has 0 spiro atoms. The van der Waals surface area contributed by atoms with Crippen molar-refractivity contribution in [1.29, 1.82) is 0 Å². The Hall–Kier alpha value is -1.55. The maximum Gasteiger partial charge on any atom is 0.326 e. The molecule has 1 atom stereocenters. The predicted octanol–water partition coefficient (Wildman–Crippen LogP) is 1.93. The van der Waals surface area contributed by atoms with Crippen LogP contribution in [-0.4, -0.2) is 23.0 Å². The first kappa shape index (κ1) is 12.5. The molecule has 5 heteroatoms. The van der Waals surface area contributed by atoms with Crippen molar-refractivity contribution >= 4 is 23.5 Å². The molecule has 1 aromatic rings. The minimum absolute atomic E-state index is 0.342. The molecule has 0 aliphatic carbocycles. The highest BCUT2D eigenvalue weighted by Gasteiger charge is 2.18. The number of nitrogens with one attached hydrogen (secondary N) is 1. The van der Waals surface area contributed by atoms with E-state index in [0.717, 1.165) is 0 Å². The average Bonchev–Trinajstić information content (AvgIpc) is 2.26. The van der Waals surface area contributed by atoms with Gasteiger partial charge in [0.2, 0.25) is 0 Å². The number of benzene rings is 1. The summed E-state index contributed by atoms with van der Waals surface area (Å²) in [7, 11) is 0. The number of carbonyl (C=O) groups excluding carboxylic acids is 1. The standard InChI is InChI=1S/C11H12ClNO3/c1-2-9(11(15)16)13-10(14)7-3-5-8(12)6-4-7/h3-6,9H,2H2,1H3,(H,13,14)(H,15,16). The van der Waals surface area contributed by atoms with Crippen LogP contribution in [0, 0.1) is 0 Å². The van der Waals surface area contributed by atoms with Gasteiger partial charge in [0.05, 0.1) is 0 Å². The number of carboxylic acids is 1. The van der Waals surface area contributed by atoms with E-state index in [2.05, 4.69) is 5.32 Å². The van der Waals surface area contributed by atoms with Crippen molar-refractivity contribution in [2.45, 2.75) is 19.4 Å². The first-order chi connectivity index (χ1) is 7.54. The lowest BCUT2D eigenvalue weighted by atomic mass is 10.1. The molecule has 0 bridgehead atoms. The molecule has 1 amide bonds. The van der Waals surface area contributed by atoms with Gasteiger partial charge in [-0.2, -0.15) is 0 Å². The molecule has 0 saturated carbocycles. The van der Waals surface area contributed by atoms with Crippen molar-refractivity contribution in [1.82, 2.24) is 5.32 Å². The summed E-state index contributed by atoms with van der Waals surface area (Å²) in [6.45, 7) is 1.70. The number of aliphatic carboxylic acids is 1. The summed E-state index contributed by atoms with van der Waals surface area (Å²) in [5, 5.41) is 11.7. The summed E-state index contributed by atoms with van der Waals surface area (Å²) in [5.74, 6) is -1.45. The second-order valence-electron chi connectivity index (χ2n) is 3.28. The van der Waals surface area contributed by atoms with E-state index in [0.29, 0.717) is 17.0 Å². The largest absolute Gasteiger partial charge is 0.480 e. The zero-order valence-electron chi connectivity index (χ0n) is 8.74. The predicted molar refractivity (Wildman–Crippen MR) is 60.6 cm³/mol. The van der Waals surface area contributed by atoms with Gasteiger partial charge in [-0.1, -0.05) is 18.5 Å². The van der Waals surface area contributed by atoms with Gasteiger partial charge in [0.25, 0.3) is 5.91 Å². The van der Waals surface area contributed by atoms with Crippen LogP contribution in [0.1, 0.15) is 23.7 Å². The van der Waals surface area contributed by atoms with Gasteiger partial charge >= 0.3 is 5.97 Å². The van der Waals surface area contributed by atoms with E-state index in [1.165, 1.54) is 0 Å². The second kappa shape index (κ2) is 5.51. The first-order valence-corrected chi connectivity index (χ1v) is 5.21. The lowest BCUT2D eigenvalue weighted by Crippen LogP contribution is -2.40. The van der Waals surface area contributed by atoms with E-state index in [-0.39, 0.29) is 0 Å². The molecule has 2 N–H and O–H groups in total. The smallest absolute Gasteiger partial charge is 0.326 e. The van der Waals surface area contributed by atoms with Crippen LogP contribution in [0.5, 0.6) is 0 Å². The van der Waals surface area contributed by atoms with Crippen LogP contribution in [0.25, 0.3) is 0 Å². The Bertz CT molecular complexity index is 389. The van der Waals surface area contributed by atoms with Crippen molar-refractivity contribution in [2.75, 3.05) is 0 Å². The lowest BCUT2D eigenvalue weighted by Gasteiger charge is -2.11. The highest BCUT2D eigenvalue weighted by Crippen LogP contribution is 2.09. The summed E-state index contributed by atoms with van der Waals surface area (Å²) in [6.07, 6.45) is 0.342. The zero-order valence-corrected chi connectivity index (χ0v) is 9.49. The van der Waals surface area contributed by atoms with Crippen LogP contribution in [0.15, 0.2) is 24.3 Å². The van der Waals surface area contributed by atoms with Crippen molar-refractivity contribution in [3.05, 3.63) is 34.9 Å². The Morgan fingerprint density at radius 1 is 1.38 bits per heavy atom. The van der Waals surface area contributed by atoms with Crippen LogP contribution < -0.4 is 5.32 Å². The number of hydrogen-bond donors (Lipinski definition) is 2. The van der Waals surface area contributed by atoms with Gasteiger partial charge in [0.1, 0.15) is 6.04 Å². The van der Waals surface area contributed by atoms with Crippen LogP contribution in [0.4, 0.5) is 0 Å². The molecule has 86 valence electrons. The summed E-state index contributed by atoms with van der Waals surface area (Å²) in [5.41, 5.74) is 0.393. The molecule has 1 rings (SSSR count). The molecule has 0 heterocycles. The van der Waals surface area contributed by atoms with Gasteiger partial charge in [0.15, 0.2) is 0 Å². The minimum Gasteiger partial charge on any atom is -0.480 e. The summed E-state index contributed by atoms with van der Waals surface area (Å²) < 4.78 is 0. The molecule has 0 radical (unpaired) electrons. The van der Waals surface area contributed by atoms with E-state index < -0.39 is 17.9 Å². The molecular weight excluding hydrogens is 230 g/mol. The Morgan fingerprint density at radius 2 is 1.94 bits per heavy atom. The fourth-order valence-corrected chi connectivity index (χ4v) is 1.31. The third-order valence-corrected chi connectivity index (χ3v) is 2.37. The molecule has 4 nitrogen and oxygen atoms in total. The zero-order chi connectivity index (χ0) is 12.1. The van der Waals surface area contributed by atoms with Crippen LogP contribution in [0.3, 0.4) is 0 Å². The first-order valence-electron chi connectivity index (χ1n) is 4.83. The molecule has 0 aliphatic rings. The third-order valence-electron chi connectivity index (χ3n) is 2.12. The minimum atomic E-state index is -1.04. The topological polar surface area (TPSA) is 66.4 Å². The van der Waals surface area contributed by atoms with E-state index in [9.17, 15) is 9.59 Å². The summed E-state index contributed by atoms with van der Waals surface area (Å²) in [6, 6.07) is 5.40. The summed E-state index contributed by atoms with van der Waals surface area (Å²) in [4.78, 5) is 22.3. The Balaban J connectivity index is 2.71. The number of carboxylic acid groups (broad SMARTS) is 1. The normalized spacial score (nSPS) is 11.9. The Labute approximate surface area is 98.2 Å². The monoisotopic (exact) mass is 241 g/mol. The molecule has 1 aromatic carbocycles. The van der Waals surface area contributed by atoms with E-state index in [1.807, 2.05) is 0 Å². The molecule has 16 heavy (non-hydrogen) atoms. The van der Waals surface area contributed by atoms with Crippen molar-refractivity contribution in [3.63, 3.8) is 0 Å². The number of rotatable bonds is 4. The molecule has 1 unspecified atom stereocenters. The van der Waals surface area contributed by atoms with Gasteiger partial charge in [-0.15, -0.1) is 0 Å². The van der Waals surface area contributed by atoms with E-state index >= 15 is 0 Å². The fraction of sp³-hybridized carbons (Fsp3) is 0.273. The molecular formula is C11H12ClNO3. The van der Waals surface area contributed by atoms with E-state index in [4.69, 9.17) is 16.7 Å². The van der Waals surface area contributed by atoms with Gasteiger partial charge in [-0.25, -0.2) is 4.79 Å². The Morgan fingerprint density at radius 3 is 2.38 bits per heavy atom. The summed E-state index contributed by atoms with van der Waals surface area (Å²) >= 11 is 5.67. The van der Waals surface area contributed by atoms with Crippen molar-refractivity contribution in [3.8, 4) is 0 Å². The highest BCUT2D eigenvalue weighted by molar-refractivity contribution is 6.30. The van der Waals surface area contributed by atoms with Crippen molar-refractivity contribution < 1.29 is 14.7 Å². The highest BCUT2D eigenvalue weighted by atomic mass is 35.5. The second-order valence-corrected chi connectivity index (χ2v) is 3.72. The molecule has 0 aliphatic heterocycles. The van der Waals surface area contributed by atoms with Crippen LogP contribution >= 0.6 is 11.6 Å². The SMILES string of the molecule is CCC(NC(=O)c1ccc(Cl)cc1)C(=O)O. The maximum atomic E-state index is 11.6. The van der Waals surface area contributed by atoms with Crippen LogP contribution in [-0.2, 0) is 4.79 Å². The van der Waals surface area contributed by atoms with Crippen molar-refractivity contribution in [2.24, 2.45) is 0 Å². The average molecular weight is 242 g/mol.